The monoisotopic (exact) mass is 265 g/mol. The predicted molar refractivity (Wildman–Crippen MR) is 72.4 cm³/mol. The summed E-state index contributed by atoms with van der Waals surface area (Å²) in [5.41, 5.74) is 0.830. The van der Waals surface area contributed by atoms with E-state index in [9.17, 15) is 9.59 Å². The van der Waals surface area contributed by atoms with Gasteiger partial charge in [-0.1, -0.05) is 6.92 Å². The summed E-state index contributed by atoms with van der Waals surface area (Å²) in [6, 6.07) is 3.02. The normalized spacial score (nSPS) is 11.8. The fraction of sp³-hybridized carbons (Fsp3) is 0.462. The Morgan fingerprint density at radius 3 is 2.63 bits per heavy atom. The SMILES string of the molecule is CNC(=O)C(C)CN(C)c1cc(C(=O)O)cc(C)n1. The lowest BCUT2D eigenvalue weighted by Crippen LogP contribution is -2.34. The summed E-state index contributed by atoms with van der Waals surface area (Å²) in [4.78, 5) is 28.5. The molecule has 0 saturated carbocycles. The molecule has 104 valence electrons. The number of carbonyl (C=O) groups excluding carboxylic acids is 1. The summed E-state index contributed by atoms with van der Waals surface area (Å²) in [5, 5.41) is 11.6. The first-order valence-corrected chi connectivity index (χ1v) is 6.00. The van der Waals surface area contributed by atoms with Crippen LogP contribution in [0.1, 0.15) is 23.0 Å². The molecule has 0 aromatic carbocycles. The van der Waals surface area contributed by atoms with E-state index in [-0.39, 0.29) is 17.4 Å². The topological polar surface area (TPSA) is 82.5 Å². The number of nitrogens with zero attached hydrogens (tertiary/aromatic N) is 2. The molecule has 1 aromatic heterocycles. The summed E-state index contributed by atoms with van der Waals surface area (Å²) in [7, 11) is 3.37. The summed E-state index contributed by atoms with van der Waals surface area (Å²) < 4.78 is 0. The van der Waals surface area contributed by atoms with Gasteiger partial charge in [0.25, 0.3) is 0 Å². The standard InChI is InChI=1S/C13H19N3O3/c1-8(12(17)14-3)7-16(4)11-6-10(13(18)19)5-9(2)15-11/h5-6,8H,7H2,1-4H3,(H,14,17)(H,18,19). The van der Waals surface area contributed by atoms with E-state index in [0.29, 0.717) is 18.1 Å². The zero-order valence-corrected chi connectivity index (χ0v) is 11.6. The number of carbonyl (C=O) groups is 2. The van der Waals surface area contributed by atoms with E-state index >= 15 is 0 Å². The number of rotatable bonds is 5. The molecule has 19 heavy (non-hydrogen) atoms. The fourth-order valence-corrected chi connectivity index (χ4v) is 1.80. The number of amides is 1. The zero-order valence-electron chi connectivity index (χ0n) is 11.6. The van der Waals surface area contributed by atoms with Crippen molar-refractivity contribution in [3.05, 3.63) is 23.4 Å². The molecule has 0 aliphatic carbocycles. The van der Waals surface area contributed by atoms with Crippen molar-refractivity contribution in [3.63, 3.8) is 0 Å². The maximum Gasteiger partial charge on any atom is 0.335 e. The lowest BCUT2D eigenvalue weighted by atomic mass is 10.1. The molecule has 0 aliphatic rings. The van der Waals surface area contributed by atoms with Crippen LogP contribution in [-0.2, 0) is 4.79 Å². The van der Waals surface area contributed by atoms with Gasteiger partial charge in [-0.05, 0) is 19.1 Å². The Kier molecular flexibility index (Phi) is 4.86. The van der Waals surface area contributed by atoms with Gasteiger partial charge in [-0.15, -0.1) is 0 Å². The van der Waals surface area contributed by atoms with Crippen LogP contribution >= 0.6 is 0 Å². The van der Waals surface area contributed by atoms with Gasteiger partial charge in [0.15, 0.2) is 0 Å². The molecule has 1 unspecified atom stereocenters. The minimum atomic E-state index is -0.987. The van der Waals surface area contributed by atoms with Crippen LogP contribution in [0.15, 0.2) is 12.1 Å². The maximum absolute atomic E-state index is 11.5. The van der Waals surface area contributed by atoms with Crippen molar-refractivity contribution in [1.29, 1.82) is 0 Å². The lowest BCUT2D eigenvalue weighted by molar-refractivity contribution is -0.123. The molecular formula is C13H19N3O3. The van der Waals surface area contributed by atoms with Crippen LogP contribution in [0.4, 0.5) is 5.82 Å². The smallest absolute Gasteiger partial charge is 0.335 e. The number of nitrogens with one attached hydrogen (secondary N) is 1. The van der Waals surface area contributed by atoms with Gasteiger partial charge >= 0.3 is 5.97 Å². The van der Waals surface area contributed by atoms with Crippen molar-refractivity contribution in [2.45, 2.75) is 13.8 Å². The quantitative estimate of drug-likeness (QED) is 0.826. The molecule has 1 amide bonds. The third kappa shape index (κ3) is 3.94. The molecule has 6 heteroatoms. The number of aromatic nitrogens is 1. The predicted octanol–water partition coefficient (Wildman–Crippen LogP) is 0.907. The number of hydrogen-bond donors (Lipinski definition) is 2. The summed E-state index contributed by atoms with van der Waals surface area (Å²) >= 11 is 0. The second kappa shape index (κ2) is 6.17. The Bertz CT molecular complexity index is 488. The molecule has 1 rings (SSSR count). The zero-order chi connectivity index (χ0) is 14.6. The van der Waals surface area contributed by atoms with Gasteiger partial charge in [-0.2, -0.15) is 0 Å². The first kappa shape index (κ1) is 14.9. The molecular weight excluding hydrogens is 246 g/mol. The Hall–Kier alpha value is -2.11. The number of anilines is 1. The molecule has 6 nitrogen and oxygen atoms in total. The molecule has 0 fully saturated rings. The highest BCUT2D eigenvalue weighted by atomic mass is 16.4. The van der Waals surface area contributed by atoms with Gasteiger partial charge in [0.05, 0.1) is 11.5 Å². The average Bonchev–Trinajstić information content (AvgIpc) is 2.36. The fourth-order valence-electron chi connectivity index (χ4n) is 1.80. The summed E-state index contributed by atoms with van der Waals surface area (Å²) in [5.74, 6) is -0.698. The number of carboxylic acids is 1. The molecule has 1 atom stereocenters. The lowest BCUT2D eigenvalue weighted by Gasteiger charge is -2.22. The highest BCUT2D eigenvalue weighted by Gasteiger charge is 2.16. The largest absolute Gasteiger partial charge is 0.478 e. The van der Waals surface area contributed by atoms with Crippen molar-refractivity contribution in [2.24, 2.45) is 5.92 Å². The van der Waals surface area contributed by atoms with Crippen LogP contribution in [0.3, 0.4) is 0 Å². The summed E-state index contributed by atoms with van der Waals surface area (Å²) in [6.45, 7) is 4.02. The van der Waals surface area contributed by atoms with E-state index in [4.69, 9.17) is 5.11 Å². The highest BCUT2D eigenvalue weighted by molar-refractivity contribution is 5.88. The Morgan fingerprint density at radius 2 is 2.11 bits per heavy atom. The molecule has 1 heterocycles. The minimum Gasteiger partial charge on any atom is -0.478 e. The number of aromatic carboxylic acids is 1. The Balaban J connectivity index is 2.90. The van der Waals surface area contributed by atoms with Gasteiger partial charge in [-0.25, -0.2) is 9.78 Å². The van der Waals surface area contributed by atoms with Gasteiger partial charge in [-0.3, -0.25) is 4.79 Å². The van der Waals surface area contributed by atoms with E-state index < -0.39 is 5.97 Å². The summed E-state index contributed by atoms with van der Waals surface area (Å²) in [6.07, 6.45) is 0. The van der Waals surface area contributed by atoms with Crippen molar-refractivity contribution < 1.29 is 14.7 Å². The van der Waals surface area contributed by atoms with Gasteiger partial charge in [0, 0.05) is 26.3 Å². The van der Waals surface area contributed by atoms with Crippen molar-refractivity contribution in [1.82, 2.24) is 10.3 Å². The van der Waals surface area contributed by atoms with Crippen molar-refractivity contribution in [2.75, 3.05) is 25.5 Å². The van der Waals surface area contributed by atoms with Gasteiger partial charge in [0.1, 0.15) is 5.82 Å². The molecule has 1 aromatic rings. The maximum atomic E-state index is 11.5. The van der Waals surface area contributed by atoms with Crippen LogP contribution in [0.5, 0.6) is 0 Å². The first-order valence-electron chi connectivity index (χ1n) is 6.00. The molecule has 2 N–H and O–H groups in total. The van der Waals surface area contributed by atoms with Crippen LogP contribution in [-0.4, -0.2) is 42.6 Å². The molecule has 0 radical (unpaired) electrons. The average molecular weight is 265 g/mol. The third-order valence-corrected chi connectivity index (χ3v) is 2.82. The third-order valence-electron chi connectivity index (χ3n) is 2.82. The Labute approximate surface area is 112 Å². The second-order valence-corrected chi connectivity index (χ2v) is 4.56. The molecule has 0 aliphatic heterocycles. The van der Waals surface area contributed by atoms with E-state index in [2.05, 4.69) is 10.3 Å². The van der Waals surface area contributed by atoms with Crippen LogP contribution < -0.4 is 10.2 Å². The number of hydrogen-bond acceptors (Lipinski definition) is 4. The number of pyridine rings is 1. The van der Waals surface area contributed by atoms with Crippen LogP contribution in [0, 0.1) is 12.8 Å². The Morgan fingerprint density at radius 1 is 1.47 bits per heavy atom. The molecule has 0 spiro atoms. The number of aryl methyl sites for hydroxylation is 1. The molecule has 0 bridgehead atoms. The second-order valence-electron chi connectivity index (χ2n) is 4.56. The van der Waals surface area contributed by atoms with E-state index in [1.165, 1.54) is 12.1 Å². The van der Waals surface area contributed by atoms with E-state index in [1.54, 1.807) is 25.9 Å². The number of carboxylic acid groups (broad SMARTS) is 1. The van der Waals surface area contributed by atoms with Crippen molar-refractivity contribution in [3.8, 4) is 0 Å². The van der Waals surface area contributed by atoms with Crippen LogP contribution in [0.25, 0.3) is 0 Å². The molecule has 0 saturated heterocycles. The van der Waals surface area contributed by atoms with Gasteiger partial charge < -0.3 is 15.3 Å². The van der Waals surface area contributed by atoms with Gasteiger partial charge in [0.2, 0.25) is 5.91 Å². The highest BCUT2D eigenvalue weighted by Crippen LogP contribution is 2.15. The first-order chi connectivity index (χ1) is 8.85. The minimum absolute atomic E-state index is 0.0574. The van der Waals surface area contributed by atoms with E-state index in [1.807, 2.05) is 6.92 Å². The van der Waals surface area contributed by atoms with Crippen molar-refractivity contribution >= 4 is 17.7 Å². The van der Waals surface area contributed by atoms with Crippen LogP contribution in [0.2, 0.25) is 0 Å². The van der Waals surface area contributed by atoms with E-state index in [0.717, 1.165) is 0 Å².